The minimum atomic E-state index is 0.406. The highest BCUT2D eigenvalue weighted by Crippen LogP contribution is 2.10. The normalized spacial score (nSPS) is 10.6. The Morgan fingerprint density at radius 1 is 1.40 bits per heavy atom. The van der Waals surface area contributed by atoms with Crippen LogP contribution in [-0.4, -0.2) is 25.0 Å². The molecule has 0 saturated carbocycles. The van der Waals surface area contributed by atoms with Gasteiger partial charge in [-0.3, -0.25) is 0 Å². The van der Waals surface area contributed by atoms with Crippen LogP contribution in [0.4, 0.5) is 0 Å². The zero-order valence-electron chi connectivity index (χ0n) is 8.68. The van der Waals surface area contributed by atoms with Crippen molar-refractivity contribution in [2.45, 2.75) is 20.4 Å². The monoisotopic (exact) mass is 204 g/mol. The molecule has 2 N–H and O–H groups in total. The van der Waals surface area contributed by atoms with E-state index in [0.717, 1.165) is 11.4 Å². The van der Waals surface area contributed by atoms with Gasteiger partial charge in [-0.15, -0.1) is 10.2 Å². The Balaban J connectivity index is 2.58. The summed E-state index contributed by atoms with van der Waals surface area (Å²) in [5.74, 6) is 2.14. The topological polar surface area (TPSA) is 82.5 Å². The summed E-state index contributed by atoms with van der Waals surface area (Å²) < 4.78 is 1.66. The minimum absolute atomic E-state index is 0.406. The Kier molecular flexibility index (Phi) is 2.42. The van der Waals surface area contributed by atoms with Crippen molar-refractivity contribution in [2.24, 2.45) is 5.73 Å². The number of aryl methyl sites for hydroxylation is 2. The van der Waals surface area contributed by atoms with Gasteiger partial charge in [0.1, 0.15) is 11.6 Å². The first kappa shape index (κ1) is 9.72. The summed E-state index contributed by atoms with van der Waals surface area (Å²) in [5.41, 5.74) is 6.52. The van der Waals surface area contributed by atoms with E-state index in [1.54, 1.807) is 10.9 Å². The Morgan fingerprint density at radius 2 is 2.20 bits per heavy atom. The molecule has 0 saturated heterocycles. The maximum absolute atomic E-state index is 5.62. The molecule has 0 spiro atoms. The Labute approximate surface area is 87.2 Å². The molecule has 0 amide bonds. The van der Waals surface area contributed by atoms with Crippen LogP contribution in [0.5, 0.6) is 0 Å². The summed E-state index contributed by atoms with van der Waals surface area (Å²) in [6.45, 7) is 4.11. The predicted molar refractivity (Wildman–Crippen MR) is 54.3 cm³/mol. The van der Waals surface area contributed by atoms with Crippen molar-refractivity contribution in [3.63, 3.8) is 0 Å². The van der Waals surface area contributed by atoms with Gasteiger partial charge >= 0.3 is 0 Å². The van der Waals surface area contributed by atoms with Gasteiger partial charge in [-0.05, 0) is 19.9 Å². The van der Waals surface area contributed by atoms with Crippen LogP contribution in [0.2, 0.25) is 0 Å². The predicted octanol–water partition coefficient (Wildman–Crippen LogP) is 0.133. The lowest BCUT2D eigenvalue weighted by Gasteiger charge is -2.05. The largest absolute Gasteiger partial charge is 0.326 e. The molecule has 0 aliphatic carbocycles. The van der Waals surface area contributed by atoms with E-state index >= 15 is 0 Å². The molecule has 0 aliphatic heterocycles. The van der Waals surface area contributed by atoms with Crippen LogP contribution in [0.1, 0.15) is 17.2 Å². The van der Waals surface area contributed by atoms with E-state index in [0.29, 0.717) is 18.2 Å². The fourth-order valence-electron chi connectivity index (χ4n) is 1.41. The van der Waals surface area contributed by atoms with Gasteiger partial charge in [-0.2, -0.15) is 9.78 Å². The summed E-state index contributed by atoms with van der Waals surface area (Å²) in [4.78, 5) is 4.21. The Morgan fingerprint density at radius 3 is 2.80 bits per heavy atom. The number of hydrogen-bond donors (Lipinski definition) is 1. The minimum Gasteiger partial charge on any atom is -0.326 e. The summed E-state index contributed by atoms with van der Waals surface area (Å²) >= 11 is 0. The second-order valence-electron chi connectivity index (χ2n) is 3.20. The highest BCUT2D eigenvalue weighted by atomic mass is 15.4. The van der Waals surface area contributed by atoms with Gasteiger partial charge in [0.2, 0.25) is 0 Å². The number of hydrogen-bond acceptors (Lipinski definition) is 5. The SMILES string of the molecule is Cc1nc(C)n(-c2nnccc2CN)n1. The van der Waals surface area contributed by atoms with E-state index < -0.39 is 0 Å². The van der Waals surface area contributed by atoms with Gasteiger partial charge in [0, 0.05) is 12.1 Å². The molecule has 0 aromatic carbocycles. The van der Waals surface area contributed by atoms with Gasteiger partial charge in [0.25, 0.3) is 0 Å². The fraction of sp³-hybridized carbons (Fsp3) is 0.333. The second-order valence-corrected chi connectivity index (χ2v) is 3.20. The van der Waals surface area contributed by atoms with Crippen LogP contribution in [0, 0.1) is 13.8 Å². The van der Waals surface area contributed by atoms with Crippen molar-refractivity contribution in [1.82, 2.24) is 25.0 Å². The van der Waals surface area contributed by atoms with Crippen LogP contribution < -0.4 is 5.73 Å². The van der Waals surface area contributed by atoms with Gasteiger partial charge in [0.05, 0.1) is 6.20 Å². The molecular formula is C9H12N6. The number of aromatic nitrogens is 5. The molecule has 2 aromatic rings. The third-order valence-corrected chi connectivity index (χ3v) is 2.08. The molecule has 0 unspecified atom stereocenters. The van der Waals surface area contributed by atoms with Crippen molar-refractivity contribution in [1.29, 1.82) is 0 Å². The Bertz CT molecular complexity index is 475. The molecule has 0 radical (unpaired) electrons. The highest BCUT2D eigenvalue weighted by molar-refractivity contribution is 5.31. The van der Waals surface area contributed by atoms with E-state index in [-0.39, 0.29) is 0 Å². The van der Waals surface area contributed by atoms with Crippen LogP contribution >= 0.6 is 0 Å². The second kappa shape index (κ2) is 3.74. The molecule has 0 aliphatic rings. The molecule has 15 heavy (non-hydrogen) atoms. The van der Waals surface area contributed by atoms with Crippen molar-refractivity contribution < 1.29 is 0 Å². The van der Waals surface area contributed by atoms with Crippen molar-refractivity contribution in [3.05, 3.63) is 29.5 Å². The lowest BCUT2D eigenvalue weighted by molar-refractivity contribution is 0.761. The quantitative estimate of drug-likeness (QED) is 0.752. The summed E-state index contributed by atoms with van der Waals surface area (Å²) in [6.07, 6.45) is 1.62. The van der Waals surface area contributed by atoms with E-state index in [1.807, 2.05) is 19.9 Å². The zero-order chi connectivity index (χ0) is 10.8. The highest BCUT2D eigenvalue weighted by Gasteiger charge is 2.10. The van der Waals surface area contributed by atoms with E-state index in [2.05, 4.69) is 20.3 Å². The van der Waals surface area contributed by atoms with Crippen molar-refractivity contribution >= 4 is 0 Å². The molecule has 2 aromatic heterocycles. The number of rotatable bonds is 2. The molecule has 0 bridgehead atoms. The molecule has 0 fully saturated rings. The van der Waals surface area contributed by atoms with Crippen LogP contribution in [-0.2, 0) is 6.54 Å². The molecule has 0 atom stereocenters. The lowest BCUT2D eigenvalue weighted by Crippen LogP contribution is -2.10. The Hall–Kier alpha value is -1.82. The fourth-order valence-corrected chi connectivity index (χ4v) is 1.41. The molecule has 2 heterocycles. The van der Waals surface area contributed by atoms with E-state index in [1.165, 1.54) is 0 Å². The maximum Gasteiger partial charge on any atom is 0.182 e. The van der Waals surface area contributed by atoms with Crippen LogP contribution in [0.25, 0.3) is 5.82 Å². The first-order valence-corrected chi connectivity index (χ1v) is 4.63. The zero-order valence-corrected chi connectivity index (χ0v) is 8.68. The first-order valence-electron chi connectivity index (χ1n) is 4.63. The molecule has 2 rings (SSSR count). The van der Waals surface area contributed by atoms with Gasteiger partial charge in [-0.1, -0.05) is 0 Å². The van der Waals surface area contributed by atoms with Gasteiger partial charge in [0.15, 0.2) is 5.82 Å². The van der Waals surface area contributed by atoms with Crippen molar-refractivity contribution in [3.8, 4) is 5.82 Å². The first-order chi connectivity index (χ1) is 7.22. The van der Waals surface area contributed by atoms with Gasteiger partial charge in [-0.25, -0.2) is 4.98 Å². The third kappa shape index (κ3) is 1.71. The smallest absolute Gasteiger partial charge is 0.182 e. The van der Waals surface area contributed by atoms with E-state index in [4.69, 9.17) is 5.73 Å². The number of nitrogens with two attached hydrogens (primary N) is 1. The standard InChI is InChI=1S/C9H12N6/c1-6-12-7(2)15(14-6)9-8(5-10)3-4-11-13-9/h3-4H,5,10H2,1-2H3. The molecule has 78 valence electrons. The average molecular weight is 204 g/mol. The number of nitrogens with zero attached hydrogens (tertiary/aromatic N) is 5. The lowest BCUT2D eigenvalue weighted by atomic mass is 10.3. The van der Waals surface area contributed by atoms with Crippen molar-refractivity contribution in [2.75, 3.05) is 0 Å². The maximum atomic E-state index is 5.62. The molecule has 6 nitrogen and oxygen atoms in total. The molecular weight excluding hydrogens is 192 g/mol. The van der Waals surface area contributed by atoms with Crippen LogP contribution in [0.15, 0.2) is 12.3 Å². The summed E-state index contributed by atoms with van der Waals surface area (Å²) in [7, 11) is 0. The van der Waals surface area contributed by atoms with Gasteiger partial charge < -0.3 is 5.73 Å². The summed E-state index contributed by atoms with van der Waals surface area (Å²) in [6, 6.07) is 1.83. The summed E-state index contributed by atoms with van der Waals surface area (Å²) in [5, 5.41) is 12.1. The average Bonchev–Trinajstić information content (AvgIpc) is 2.57. The third-order valence-electron chi connectivity index (χ3n) is 2.08. The van der Waals surface area contributed by atoms with Crippen LogP contribution in [0.3, 0.4) is 0 Å². The molecule has 6 heteroatoms. The van der Waals surface area contributed by atoms with E-state index in [9.17, 15) is 0 Å².